The van der Waals surface area contributed by atoms with Crippen LogP contribution in [0.4, 0.5) is 0 Å². The maximum absolute atomic E-state index is 9.90. The summed E-state index contributed by atoms with van der Waals surface area (Å²) in [6.45, 7) is 11.7. The highest BCUT2D eigenvalue weighted by Crippen LogP contribution is 2.09. The van der Waals surface area contributed by atoms with Crippen molar-refractivity contribution in [2.24, 2.45) is 5.92 Å². The van der Waals surface area contributed by atoms with Gasteiger partial charge in [-0.3, -0.25) is 0 Å². The molecule has 0 aliphatic carbocycles. The Balaban J connectivity index is 3.87. The van der Waals surface area contributed by atoms with E-state index in [1.54, 1.807) is 0 Å². The number of hydrogen-bond donors (Lipinski definition) is 1. The van der Waals surface area contributed by atoms with Gasteiger partial charge in [-0.15, -0.1) is 0 Å². The first-order valence-electron chi connectivity index (χ1n) is 6.06. The van der Waals surface area contributed by atoms with Gasteiger partial charge in [0.2, 0.25) is 0 Å². The predicted octanol–water partition coefficient (Wildman–Crippen LogP) is 2.52. The zero-order valence-corrected chi connectivity index (χ0v) is 10.3. The Morgan fingerprint density at radius 1 is 1.07 bits per heavy atom. The molecule has 0 spiro atoms. The molecule has 0 amide bonds. The monoisotopic (exact) mass is 201 g/mol. The summed E-state index contributed by atoms with van der Waals surface area (Å²) >= 11 is 0. The van der Waals surface area contributed by atoms with Crippen molar-refractivity contribution in [1.82, 2.24) is 4.90 Å². The maximum Gasteiger partial charge on any atom is 0.0692 e. The van der Waals surface area contributed by atoms with E-state index in [-0.39, 0.29) is 6.10 Å². The van der Waals surface area contributed by atoms with Gasteiger partial charge in [0.25, 0.3) is 0 Å². The van der Waals surface area contributed by atoms with E-state index < -0.39 is 0 Å². The van der Waals surface area contributed by atoms with Crippen LogP contribution >= 0.6 is 0 Å². The van der Waals surface area contributed by atoms with Crippen LogP contribution < -0.4 is 0 Å². The van der Waals surface area contributed by atoms with E-state index >= 15 is 0 Å². The number of nitrogens with zero attached hydrogens (tertiary/aromatic N) is 1. The van der Waals surface area contributed by atoms with Crippen molar-refractivity contribution in [1.29, 1.82) is 0 Å². The fourth-order valence-corrected chi connectivity index (χ4v) is 1.64. The van der Waals surface area contributed by atoms with Crippen LogP contribution in [0.25, 0.3) is 0 Å². The van der Waals surface area contributed by atoms with Crippen LogP contribution in [0.2, 0.25) is 0 Å². The van der Waals surface area contributed by atoms with E-state index in [0.29, 0.717) is 5.92 Å². The average Bonchev–Trinajstić information content (AvgIpc) is 2.17. The van der Waals surface area contributed by atoms with Gasteiger partial charge in [-0.25, -0.2) is 0 Å². The third-order valence-electron chi connectivity index (χ3n) is 2.83. The molecule has 0 aromatic rings. The molecule has 0 aromatic carbocycles. The van der Waals surface area contributed by atoms with E-state index in [2.05, 4.69) is 32.6 Å². The molecule has 2 heteroatoms. The molecule has 0 rings (SSSR count). The van der Waals surface area contributed by atoms with E-state index in [0.717, 1.165) is 26.1 Å². The normalized spacial score (nSPS) is 15.9. The predicted molar refractivity (Wildman–Crippen MR) is 62.5 cm³/mol. The smallest absolute Gasteiger partial charge is 0.0692 e. The van der Waals surface area contributed by atoms with Crippen LogP contribution in [0, 0.1) is 5.92 Å². The van der Waals surface area contributed by atoms with Crippen molar-refractivity contribution in [2.45, 2.75) is 53.1 Å². The summed E-state index contributed by atoms with van der Waals surface area (Å²) in [5.41, 5.74) is 0. The van der Waals surface area contributed by atoms with Crippen LogP contribution in [-0.2, 0) is 0 Å². The molecule has 0 fully saturated rings. The van der Waals surface area contributed by atoms with Crippen molar-refractivity contribution in [2.75, 3.05) is 19.6 Å². The van der Waals surface area contributed by atoms with Gasteiger partial charge < -0.3 is 10.0 Å². The lowest BCUT2D eigenvalue weighted by molar-refractivity contribution is 0.0684. The van der Waals surface area contributed by atoms with Crippen LogP contribution in [0.5, 0.6) is 0 Å². The highest BCUT2D eigenvalue weighted by atomic mass is 16.3. The Kier molecular flexibility index (Phi) is 8.20. The molecular formula is C12H27NO. The van der Waals surface area contributed by atoms with Crippen LogP contribution in [0.1, 0.15) is 47.0 Å². The molecule has 0 aliphatic heterocycles. The standard InChI is InChI=1S/C12H27NO/c1-5-8-13(9-6-2)10-12(14)11(4)7-3/h11-12,14H,5-10H2,1-4H3. The first kappa shape index (κ1) is 13.9. The molecule has 86 valence electrons. The van der Waals surface area contributed by atoms with Gasteiger partial charge in [-0.05, 0) is 31.8 Å². The minimum Gasteiger partial charge on any atom is -0.392 e. The third kappa shape index (κ3) is 5.61. The summed E-state index contributed by atoms with van der Waals surface area (Å²) in [7, 11) is 0. The minimum atomic E-state index is -0.155. The second-order valence-corrected chi connectivity index (χ2v) is 4.25. The van der Waals surface area contributed by atoms with Crippen molar-refractivity contribution in [3.05, 3.63) is 0 Å². The number of aliphatic hydroxyl groups is 1. The number of rotatable bonds is 8. The molecular weight excluding hydrogens is 174 g/mol. The van der Waals surface area contributed by atoms with E-state index in [9.17, 15) is 5.11 Å². The number of aliphatic hydroxyl groups excluding tert-OH is 1. The molecule has 0 aliphatic rings. The summed E-state index contributed by atoms with van der Waals surface area (Å²) < 4.78 is 0. The second kappa shape index (κ2) is 8.25. The lowest BCUT2D eigenvalue weighted by atomic mass is 10.0. The quantitative estimate of drug-likeness (QED) is 0.652. The molecule has 2 unspecified atom stereocenters. The van der Waals surface area contributed by atoms with Gasteiger partial charge in [-0.1, -0.05) is 34.1 Å². The molecule has 1 N–H and O–H groups in total. The summed E-state index contributed by atoms with van der Waals surface area (Å²) in [6.07, 6.45) is 3.26. The molecule has 2 nitrogen and oxygen atoms in total. The van der Waals surface area contributed by atoms with Crippen molar-refractivity contribution < 1.29 is 5.11 Å². The summed E-state index contributed by atoms with van der Waals surface area (Å²) in [5.74, 6) is 0.422. The van der Waals surface area contributed by atoms with Crippen LogP contribution in [-0.4, -0.2) is 35.7 Å². The van der Waals surface area contributed by atoms with E-state index in [1.807, 2.05) is 0 Å². The second-order valence-electron chi connectivity index (χ2n) is 4.25. The average molecular weight is 201 g/mol. The van der Waals surface area contributed by atoms with Gasteiger partial charge >= 0.3 is 0 Å². The van der Waals surface area contributed by atoms with Crippen molar-refractivity contribution in [3.63, 3.8) is 0 Å². The van der Waals surface area contributed by atoms with Gasteiger partial charge in [0.15, 0.2) is 0 Å². The summed E-state index contributed by atoms with van der Waals surface area (Å²) in [4.78, 5) is 2.37. The Morgan fingerprint density at radius 2 is 1.57 bits per heavy atom. The largest absolute Gasteiger partial charge is 0.392 e. The van der Waals surface area contributed by atoms with Crippen LogP contribution in [0.3, 0.4) is 0 Å². The number of hydrogen-bond acceptors (Lipinski definition) is 2. The summed E-state index contributed by atoms with van der Waals surface area (Å²) in [6, 6.07) is 0. The molecule has 0 saturated carbocycles. The molecule has 14 heavy (non-hydrogen) atoms. The molecule has 0 bridgehead atoms. The topological polar surface area (TPSA) is 23.5 Å². The van der Waals surface area contributed by atoms with Gasteiger partial charge in [0.05, 0.1) is 6.10 Å². The first-order valence-corrected chi connectivity index (χ1v) is 6.06. The van der Waals surface area contributed by atoms with Gasteiger partial charge in [-0.2, -0.15) is 0 Å². The minimum absolute atomic E-state index is 0.155. The third-order valence-corrected chi connectivity index (χ3v) is 2.83. The highest BCUT2D eigenvalue weighted by molar-refractivity contribution is 4.68. The Labute approximate surface area is 89.3 Å². The lowest BCUT2D eigenvalue weighted by Crippen LogP contribution is -2.36. The van der Waals surface area contributed by atoms with E-state index in [1.165, 1.54) is 12.8 Å². The fraction of sp³-hybridized carbons (Fsp3) is 1.00. The first-order chi connectivity index (χ1) is 6.65. The summed E-state index contributed by atoms with van der Waals surface area (Å²) in [5, 5.41) is 9.90. The zero-order valence-electron chi connectivity index (χ0n) is 10.3. The molecule has 0 saturated heterocycles. The van der Waals surface area contributed by atoms with Gasteiger partial charge in [0, 0.05) is 6.54 Å². The van der Waals surface area contributed by atoms with Gasteiger partial charge in [0.1, 0.15) is 0 Å². The Morgan fingerprint density at radius 3 is 1.93 bits per heavy atom. The molecule has 0 aromatic heterocycles. The molecule has 2 atom stereocenters. The Bertz CT molecular complexity index is 121. The lowest BCUT2D eigenvalue weighted by Gasteiger charge is -2.26. The maximum atomic E-state index is 9.90. The SMILES string of the molecule is CCCN(CCC)CC(O)C(C)CC. The zero-order chi connectivity index (χ0) is 11.0. The fourth-order valence-electron chi connectivity index (χ4n) is 1.64. The van der Waals surface area contributed by atoms with E-state index in [4.69, 9.17) is 0 Å². The molecule has 0 heterocycles. The van der Waals surface area contributed by atoms with Crippen LogP contribution in [0.15, 0.2) is 0 Å². The molecule has 0 radical (unpaired) electrons. The van der Waals surface area contributed by atoms with Crippen molar-refractivity contribution >= 4 is 0 Å². The Hall–Kier alpha value is -0.0800. The highest BCUT2D eigenvalue weighted by Gasteiger charge is 2.15. The van der Waals surface area contributed by atoms with Crippen molar-refractivity contribution in [3.8, 4) is 0 Å².